The molecule has 0 aromatic rings. The predicted octanol–water partition coefficient (Wildman–Crippen LogP) is -0.210. The molecule has 0 saturated heterocycles. The van der Waals surface area contributed by atoms with Crippen molar-refractivity contribution in [2.75, 3.05) is 6.54 Å². The van der Waals surface area contributed by atoms with E-state index in [0.29, 0.717) is 13.0 Å². The zero-order valence-corrected chi connectivity index (χ0v) is 8.60. The van der Waals surface area contributed by atoms with Gasteiger partial charge in [-0.15, -0.1) is 6.58 Å². The van der Waals surface area contributed by atoms with E-state index in [1.54, 1.807) is 6.08 Å². The van der Waals surface area contributed by atoms with E-state index in [1.165, 1.54) is 0 Å². The Morgan fingerprint density at radius 3 is 2.38 bits per heavy atom. The Balaban J connectivity index is 4.08. The van der Waals surface area contributed by atoms with E-state index in [2.05, 4.69) is 11.9 Å². The van der Waals surface area contributed by atoms with Crippen molar-refractivity contribution in [1.29, 1.82) is 0 Å². The molecule has 0 fully saturated rings. The first kappa shape index (κ1) is 13.9. The lowest BCUT2D eigenvalue weighted by Gasteiger charge is -2.12. The third-order valence-electron chi connectivity index (χ3n) is 1.62. The topological polar surface area (TPSA) is 116 Å². The fourth-order valence-electron chi connectivity index (χ4n) is 0.872. The number of nitrogens with one attached hydrogen (secondary N) is 2. The van der Waals surface area contributed by atoms with Crippen LogP contribution in [0.3, 0.4) is 0 Å². The van der Waals surface area contributed by atoms with E-state index < -0.39 is 30.4 Å². The number of amides is 2. The van der Waals surface area contributed by atoms with E-state index in [0.717, 1.165) is 0 Å². The SMILES string of the molecule is C=CCCNC(=O)NC(CC(=O)O)C(=O)O. The normalized spacial score (nSPS) is 11.2. The second kappa shape index (κ2) is 7.27. The van der Waals surface area contributed by atoms with Gasteiger partial charge in [-0.05, 0) is 6.42 Å². The van der Waals surface area contributed by atoms with E-state index in [4.69, 9.17) is 10.2 Å². The first-order chi connectivity index (χ1) is 7.47. The molecule has 0 aliphatic rings. The molecular weight excluding hydrogens is 216 g/mol. The number of carbonyl (C=O) groups is 3. The van der Waals surface area contributed by atoms with Crippen LogP contribution in [0.4, 0.5) is 4.79 Å². The third kappa shape index (κ3) is 6.41. The second-order valence-corrected chi connectivity index (χ2v) is 2.97. The number of carboxylic acids is 2. The van der Waals surface area contributed by atoms with Crippen LogP contribution in [0.25, 0.3) is 0 Å². The largest absolute Gasteiger partial charge is 0.481 e. The van der Waals surface area contributed by atoms with Crippen molar-refractivity contribution < 1.29 is 24.6 Å². The fraction of sp³-hybridized carbons (Fsp3) is 0.444. The summed E-state index contributed by atoms with van der Waals surface area (Å²) in [5.74, 6) is -2.68. The summed E-state index contributed by atoms with van der Waals surface area (Å²) in [4.78, 5) is 32.0. The summed E-state index contributed by atoms with van der Waals surface area (Å²) in [6.07, 6.45) is 1.47. The second-order valence-electron chi connectivity index (χ2n) is 2.97. The molecule has 7 heteroatoms. The van der Waals surface area contributed by atoms with Gasteiger partial charge in [0.15, 0.2) is 0 Å². The van der Waals surface area contributed by atoms with Crippen molar-refractivity contribution in [2.24, 2.45) is 0 Å². The van der Waals surface area contributed by atoms with E-state index in [1.807, 2.05) is 5.32 Å². The van der Waals surface area contributed by atoms with Gasteiger partial charge < -0.3 is 20.8 Å². The highest BCUT2D eigenvalue weighted by Crippen LogP contribution is 1.92. The molecule has 0 spiro atoms. The molecule has 0 aliphatic carbocycles. The Labute approximate surface area is 92.1 Å². The van der Waals surface area contributed by atoms with Crippen LogP contribution >= 0.6 is 0 Å². The molecule has 0 heterocycles. The van der Waals surface area contributed by atoms with Crippen LogP contribution in [0, 0.1) is 0 Å². The van der Waals surface area contributed by atoms with Gasteiger partial charge in [0.25, 0.3) is 0 Å². The molecule has 0 aliphatic heterocycles. The molecule has 90 valence electrons. The highest BCUT2D eigenvalue weighted by atomic mass is 16.4. The monoisotopic (exact) mass is 230 g/mol. The average Bonchev–Trinajstić information content (AvgIpc) is 2.16. The van der Waals surface area contributed by atoms with Crippen molar-refractivity contribution in [3.63, 3.8) is 0 Å². The van der Waals surface area contributed by atoms with Gasteiger partial charge in [-0.3, -0.25) is 4.79 Å². The minimum absolute atomic E-state index is 0.314. The van der Waals surface area contributed by atoms with Crippen LogP contribution in [-0.2, 0) is 9.59 Å². The summed E-state index contributed by atoms with van der Waals surface area (Å²) in [7, 11) is 0. The van der Waals surface area contributed by atoms with E-state index in [-0.39, 0.29) is 0 Å². The van der Waals surface area contributed by atoms with Gasteiger partial charge >= 0.3 is 18.0 Å². The Hall–Kier alpha value is -2.05. The van der Waals surface area contributed by atoms with Gasteiger partial charge in [0.1, 0.15) is 6.04 Å². The molecule has 0 aromatic carbocycles. The number of aliphatic carboxylic acids is 2. The van der Waals surface area contributed by atoms with Crippen molar-refractivity contribution >= 4 is 18.0 Å². The van der Waals surface area contributed by atoms with Gasteiger partial charge in [-0.1, -0.05) is 6.08 Å². The number of hydrogen-bond donors (Lipinski definition) is 4. The first-order valence-corrected chi connectivity index (χ1v) is 4.57. The molecule has 4 N–H and O–H groups in total. The van der Waals surface area contributed by atoms with Crippen molar-refractivity contribution in [3.8, 4) is 0 Å². The summed E-state index contributed by atoms with van der Waals surface area (Å²) < 4.78 is 0. The lowest BCUT2D eigenvalue weighted by molar-refractivity contribution is -0.145. The Bertz CT molecular complexity index is 290. The van der Waals surface area contributed by atoms with E-state index >= 15 is 0 Å². The molecule has 0 rings (SSSR count). The van der Waals surface area contributed by atoms with Gasteiger partial charge in [-0.2, -0.15) is 0 Å². The molecule has 0 bridgehead atoms. The van der Waals surface area contributed by atoms with Crippen LogP contribution in [0.1, 0.15) is 12.8 Å². The summed E-state index contributed by atoms with van der Waals surface area (Å²) in [6.45, 7) is 3.76. The maximum atomic E-state index is 11.1. The standard InChI is InChI=1S/C9H14N2O5/c1-2-3-4-10-9(16)11-6(8(14)15)5-7(12)13/h2,6H,1,3-5H2,(H,12,13)(H,14,15)(H2,10,11,16). The zero-order valence-electron chi connectivity index (χ0n) is 8.60. The maximum absolute atomic E-state index is 11.1. The van der Waals surface area contributed by atoms with Gasteiger partial charge in [0.2, 0.25) is 0 Å². The molecule has 2 amide bonds. The molecule has 7 nitrogen and oxygen atoms in total. The minimum Gasteiger partial charge on any atom is -0.481 e. The molecular formula is C9H14N2O5. The van der Waals surface area contributed by atoms with Crippen LogP contribution in [0.2, 0.25) is 0 Å². The van der Waals surface area contributed by atoms with Crippen LogP contribution in [0.5, 0.6) is 0 Å². The quantitative estimate of drug-likeness (QED) is 0.356. The van der Waals surface area contributed by atoms with Crippen molar-refractivity contribution in [1.82, 2.24) is 10.6 Å². The first-order valence-electron chi connectivity index (χ1n) is 4.57. The molecule has 16 heavy (non-hydrogen) atoms. The van der Waals surface area contributed by atoms with Crippen molar-refractivity contribution in [3.05, 3.63) is 12.7 Å². The van der Waals surface area contributed by atoms with Gasteiger partial charge in [-0.25, -0.2) is 9.59 Å². The molecule has 1 atom stereocenters. The number of carboxylic acid groups (broad SMARTS) is 2. The molecule has 0 saturated carbocycles. The summed E-state index contributed by atoms with van der Waals surface area (Å²) in [6, 6.07) is -2.14. The Morgan fingerprint density at radius 2 is 1.94 bits per heavy atom. The number of urea groups is 1. The smallest absolute Gasteiger partial charge is 0.326 e. The third-order valence-corrected chi connectivity index (χ3v) is 1.62. The van der Waals surface area contributed by atoms with Crippen LogP contribution < -0.4 is 10.6 Å². The number of rotatable bonds is 7. The van der Waals surface area contributed by atoms with Crippen LogP contribution in [-0.4, -0.2) is 40.8 Å². The maximum Gasteiger partial charge on any atom is 0.326 e. The highest BCUT2D eigenvalue weighted by molar-refractivity contribution is 5.86. The highest BCUT2D eigenvalue weighted by Gasteiger charge is 2.22. The Kier molecular flexibility index (Phi) is 6.34. The van der Waals surface area contributed by atoms with Gasteiger partial charge in [0, 0.05) is 6.54 Å². The molecule has 1 unspecified atom stereocenters. The Morgan fingerprint density at radius 1 is 1.31 bits per heavy atom. The summed E-state index contributed by atoms with van der Waals surface area (Å²) in [5, 5.41) is 21.4. The average molecular weight is 230 g/mol. The summed E-state index contributed by atoms with van der Waals surface area (Å²) in [5.41, 5.74) is 0. The lowest BCUT2D eigenvalue weighted by atomic mass is 10.2. The number of carbonyl (C=O) groups excluding carboxylic acids is 1. The van der Waals surface area contributed by atoms with Gasteiger partial charge in [0.05, 0.1) is 6.42 Å². The van der Waals surface area contributed by atoms with Crippen molar-refractivity contribution in [2.45, 2.75) is 18.9 Å². The fourth-order valence-corrected chi connectivity index (χ4v) is 0.872. The van der Waals surface area contributed by atoms with E-state index in [9.17, 15) is 14.4 Å². The van der Waals surface area contributed by atoms with Crippen LogP contribution in [0.15, 0.2) is 12.7 Å². The predicted molar refractivity (Wildman–Crippen MR) is 55.0 cm³/mol. The molecule has 0 aromatic heterocycles. The number of hydrogen-bond acceptors (Lipinski definition) is 3. The summed E-state index contributed by atoms with van der Waals surface area (Å²) >= 11 is 0. The minimum atomic E-state index is -1.43. The zero-order chi connectivity index (χ0) is 12.6. The molecule has 0 radical (unpaired) electrons. The lowest BCUT2D eigenvalue weighted by Crippen LogP contribution is -2.47.